The first-order chi connectivity index (χ1) is 5.74. The van der Waals surface area contributed by atoms with Crippen molar-refractivity contribution in [3.8, 4) is 12.1 Å². The zero-order valence-corrected chi connectivity index (χ0v) is 7.46. The number of nitriles is 2. The van der Waals surface area contributed by atoms with Gasteiger partial charge in [0.15, 0.2) is 0 Å². The minimum atomic E-state index is 0.519. The second-order valence-electron chi connectivity index (χ2n) is 2.50. The molecule has 2 nitrogen and oxygen atoms in total. The van der Waals surface area contributed by atoms with Gasteiger partial charge in [-0.15, -0.1) is 0 Å². The van der Waals surface area contributed by atoms with Crippen molar-refractivity contribution >= 4 is 0 Å². The maximum Gasteiger partial charge on any atom is 0.0988 e. The van der Waals surface area contributed by atoms with Gasteiger partial charge in [0.2, 0.25) is 0 Å². The van der Waals surface area contributed by atoms with E-state index < -0.39 is 0 Å². The molecule has 0 N–H and O–H groups in total. The van der Waals surface area contributed by atoms with Gasteiger partial charge in [0, 0.05) is 12.0 Å². The number of hydrogen-bond donors (Lipinski definition) is 0. The van der Waals surface area contributed by atoms with Crippen molar-refractivity contribution in [2.24, 2.45) is 0 Å². The van der Waals surface area contributed by atoms with Gasteiger partial charge in [0.25, 0.3) is 0 Å². The summed E-state index contributed by atoms with van der Waals surface area (Å²) >= 11 is 0. The van der Waals surface area contributed by atoms with Crippen molar-refractivity contribution in [3.63, 3.8) is 0 Å². The summed E-state index contributed by atoms with van der Waals surface area (Å²) in [6.07, 6.45) is 4.84. The molecule has 62 valence electrons. The molecule has 2 heteroatoms. The van der Waals surface area contributed by atoms with E-state index in [9.17, 15) is 0 Å². The largest absolute Gasteiger partial charge is 0.198 e. The first kappa shape index (κ1) is 10.5. The third-order valence-corrected chi connectivity index (χ3v) is 1.47. The average molecular weight is 160 g/mol. The van der Waals surface area contributed by atoms with Crippen LogP contribution < -0.4 is 0 Å². The van der Waals surface area contributed by atoms with Crippen molar-refractivity contribution in [2.45, 2.75) is 26.7 Å². The summed E-state index contributed by atoms with van der Waals surface area (Å²) in [4.78, 5) is 0. The smallest absolute Gasteiger partial charge is 0.0988 e. The van der Waals surface area contributed by atoms with Gasteiger partial charge in [0.1, 0.15) is 0 Å². The molecule has 0 saturated carbocycles. The normalized spacial score (nSPS) is 12.0. The molecule has 0 aliphatic heterocycles. The van der Waals surface area contributed by atoms with Crippen LogP contribution in [0.3, 0.4) is 0 Å². The van der Waals surface area contributed by atoms with E-state index in [1.807, 2.05) is 19.9 Å². The van der Waals surface area contributed by atoms with E-state index in [0.717, 1.165) is 12.0 Å². The van der Waals surface area contributed by atoms with Gasteiger partial charge in [-0.3, -0.25) is 0 Å². The lowest BCUT2D eigenvalue weighted by atomic mass is 10.1. The van der Waals surface area contributed by atoms with Gasteiger partial charge >= 0.3 is 0 Å². The number of allylic oxidation sites excluding steroid dienone is 4. The summed E-state index contributed by atoms with van der Waals surface area (Å²) < 4.78 is 0. The van der Waals surface area contributed by atoms with Gasteiger partial charge in [-0.05, 0) is 26.3 Å². The van der Waals surface area contributed by atoms with Crippen molar-refractivity contribution < 1.29 is 0 Å². The van der Waals surface area contributed by atoms with Gasteiger partial charge < -0.3 is 0 Å². The Hall–Kier alpha value is -1.54. The molecular formula is C10H12N2. The topological polar surface area (TPSA) is 47.6 Å². The molecule has 0 bridgehead atoms. The van der Waals surface area contributed by atoms with Crippen LogP contribution in [0.1, 0.15) is 26.7 Å². The van der Waals surface area contributed by atoms with Crippen LogP contribution in [-0.2, 0) is 0 Å². The van der Waals surface area contributed by atoms with E-state index in [0.29, 0.717) is 12.0 Å². The fourth-order valence-corrected chi connectivity index (χ4v) is 0.771. The maximum absolute atomic E-state index is 8.57. The highest BCUT2D eigenvalue weighted by Gasteiger charge is 1.91. The van der Waals surface area contributed by atoms with Gasteiger partial charge in [-0.2, -0.15) is 10.5 Å². The summed E-state index contributed by atoms with van der Waals surface area (Å²) in [5.41, 5.74) is 1.73. The van der Waals surface area contributed by atoms with E-state index >= 15 is 0 Å². The summed E-state index contributed by atoms with van der Waals surface area (Å²) in [5, 5.41) is 16.9. The third kappa shape index (κ3) is 4.30. The molecule has 0 heterocycles. The summed E-state index contributed by atoms with van der Waals surface area (Å²) in [5.74, 6) is 0. The van der Waals surface area contributed by atoms with E-state index in [2.05, 4.69) is 12.1 Å². The Bertz CT molecular complexity index is 271. The molecule has 0 unspecified atom stereocenters. The van der Waals surface area contributed by atoms with Crippen LogP contribution in [0, 0.1) is 22.7 Å². The van der Waals surface area contributed by atoms with Gasteiger partial charge in [0.05, 0.1) is 12.1 Å². The summed E-state index contributed by atoms with van der Waals surface area (Å²) in [6.45, 7) is 3.75. The van der Waals surface area contributed by atoms with Crippen LogP contribution in [0.25, 0.3) is 0 Å². The van der Waals surface area contributed by atoms with Crippen LogP contribution in [0.5, 0.6) is 0 Å². The highest BCUT2D eigenvalue weighted by atomic mass is 14.2. The first-order valence-electron chi connectivity index (χ1n) is 3.85. The standard InChI is InChI=1S/C10H12N2/c1-3-10(8-12)7-9(2)5-4-6-11/h3,7H,4-5H2,1-2H3/b9-7+,10-3+. The highest BCUT2D eigenvalue weighted by molar-refractivity contribution is 5.34. The number of hydrogen-bond acceptors (Lipinski definition) is 2. The van der Waals surface area contributed by atoms with E-state index in [1.54, 1.807) is 6.08 Å². The monoisotopic (exact) mass is 160 g/mol. The number of nitrogens with zero attached hydrogens (tertiary/aromatic N) is 2. The fraction of sp³-hybridized carbons (Fsp3) is 0.400. The molecule has 0 amide bonds. The second kappa shape index (κ2) is 6.19. The zero-order valence-electron chi connectivity index (χ0n) is 7.46. The molecule has 0 aromatic rings. The molecular weight excluding hydrogens is 148 g/mol. The molecule has 0 spiro atoms. The predicted molar refractivity (Wildman–Crippen MR) is 48.0 cm³/mol. The SMILES string of the molecule is C/C=C(C#N)\C=C(/C)CCC#N. The molecule has 0 atom stereocenters. The Morgan fingerprint density at radius 2 is 2.08 bits per heavy atom. The molecule has 0 aromatic heterocycles. The van der Waals surface area contributed by atoms with Crippen molar-refractivity contribution in [1.29, 1.82) is 10.5 Å². The van der Waals surface area contributed by atoms with Crippen LogP contribution in [0.15, 0.2) is 23.3 Å². The maximum atomic E-state index is 8.57. The highest BCUT2D eigenvalue weighted by Crippen LogP contribution is 2.07. The van der Waals surface area contributed by atoms with Gasteiger partial charge in [-0.1, -0.05) is 11.6 Å². The summed E-state index contributed by atoms with van der Waals surface area (Å²) in [7, 11) is 0. The molecule has 0 saturated heterocycles. The molecule has 0 aromatic carbocycles. The van der Waals surface area contributed by atoms with Crippen LogP contribution in [0.4, 0.5) is 0 Å². The Morgan fingerprint density at radius 1 is 1.42 bits per heavy atom. The van der Waals surface area contributed by atoms with E-state index in [1.165, 1.54) is 0 Å². The van der Waals surface area contributed by atoms with Crippen molar-refractivity contribution in [2.75, 3.05) is 0 Å². The predicted octanol–water partition coefficient (Wildman–Crippen LogP) is 2.71. The zero-order chi connectivity index (χ0) is 9.40. The number of rotatable bonds is 3. The minimum absolute atomic E-state index is 0.519. The first-order valence-corrected chi connectivity index (χ1v) is 3.85. The van der Waals surface area contributed by atoms with Crippen LogP contribution >= 0.6 is 0 Å². The minimum Gasteiger partial charge on any atom is -0.198 e. The Morgan fingerprint density at radius 3 is 2.50 bits per heavy atom. The lowest BCUT2D eigenvalue weighted by molar-refractivity contribution is 0.985. The van der Waals surface area contributed by atoms with Crippen LogP contribution in [-0.4, -0.2) is 0 Å². The molecule has 0 radical (unpaired) electrons. The summed E-state index contributed by atoms with van der Waals surface area (Å²) in [6, 6.07) is 4.13. The van der Waals surface area contributed by atoms with Crippen molar-refractivity contribution in [3.05, 3.63) is 23.3 Å². The Balaban J connectivity index is 4.19. The molecule has 0 aliphatic carbocycles. The second-order valence-corrected chi connectivity index (χ2v) is 2.50. The van der Waals surface area contributed by atoms with Crippen LogP contribution in [0.2, 0.25) is 0 Å². The van der Waals surface area contributed by atoms with E-state index in [4.69, 9.17) is 10.5 Å². The quantitative estimate of drug-likeness (QED) is 0.470. The Kier molecular flexibility index (Phi) is 5.39. The van der Waals surface area contributed by atoms with E-state index in [-0.39, 0.29) is 0 Å². The third-order valence-electron chi connectivity index (χ3n) is 1.47. The lowest BCUT2D eigenvalue weighted by Gasteiger charge is -1.94. The fourth-order valence-electron chi connectivity index (χ4n) is 0.771. The molecule has 0 rings (SSSR count). The van der Waals surface area contributed by atoms with Gasteiger partial charge in [-0.25, -0.2) is 0 Å². The Labute approximate surface area is 73.4 Å². The average Bonchev–Trinajstić information content (AvgIpc) is 2.10. The molecule has 12 heavy (non-hydrogen) atoms. The van der Waals surface area contributed by atoms with Crippen molar-refractivity contribution in [1.82, 2.24) is 0 Å². The molecule has 0 aliphatic rings. The molecule has 0 fully saturated rings. The lowest BCUT2D eigenvalue weighted by Crippen LogP contribution is -1.78.